The van der Waals surface area contributed by atoms with E-state index in [2.05, 4.69) is 25.2 Å². The van der Waals surface area contributed by atoms with Crippen LogP contribution in [0.3, 0.4) is 0 Å². The molecule has 0 saturated carbocycles. The zero-order valence-corrected chi connectivity index (χ0v) is 31.1. The van der Waals surface area contributed by atoms with Crippen molar-refractivity contribution in [1.29, 1.82) is 0 Å². The molecule has 0 aliphatic carbocycles. The molecule has 3 unspecified atom stereocenters. The number of aromatic nitrogens is 2. The highest BCUT2D eigenvalue weighted by Crippen LogP contribution is 2.60. The Balaban J connectivity index is 1.04. The predicted molar refractivity (Wildman–Crippen MR) is 183 cm³/mol. The predicted octanol–water partition coefficient (Wildman–Crippen LogP) is -3.71. The summed E-state index contributed by atoms with van der Waals surface area (Å²) in [5.74, 6) is -0.406. The molecule has 2 fully saturated rings. The van der Waals surface area contributed by atoms with Crippen LogP contribution in [0.15, 0.2) is 48.3 Å². The van der Waals surface area contributed by atoms with E-state index in [0.29, 0.717) is 30.2 Å². The van der Waals surface area contributed by atoms with E-state index < -0.39 is 96.1 Å². The number of hydrogen-bond donors (Lipinski definition) is 12. The number of phosphoric acid groups is 2. The molecule has 4 aliphatic rings. The third kappa shape index (κ3) is 9.03. The summed E-state index contributed by atoms with van der Waals surface area (Å²) in [5, 5.41) is 62.8. The fourth-order valence-electron chi connectivity index (χ4n) is 6.62. The van der Waals surface area contributed by atoms with E-state index in [-0.39, 0.29) is 17.8 Å². The molecular formula is C30H45N8O15P2+. The summed E-state index contributed by atoms with van der Waals surface area (Å²) in [7, 11) is -10.8. The van der Waals surface area contributed by atoms with E-state index in [4.69, 9.17) is 30.0 Å². The van der Waals surface area contributed by atoms with Gasteiger partial charge in [0.15, 0.2) is 24.7 Å². The zero-order valence-electron chi connectivity index (χ0n) is 29.3. The quantitative estimate of drug-likeness (QED) is 0.0607. The van der Waals surface area contributed by atoms with Crippen LogP contribution in [0.5, 0.6) is 0 Å². The molecule has 6 heterocycles. The fourth-order valence-corrected chi connectivity index (χ4v) is 8.71. The van der Waals surface area contributed by atoms with Gasteiger partial charge in [-0.05, 0) is 24.1 Å². The Morgan fingerprint density at radius 3 is 2.40 bits per heavy atom. The third-order valence-corrected chi connectivity index (χ3v) is 12.0. The molecule has 0 bridgehead atoms. The fraction of sp³-hybridized carbons (Fsp3) is 0.567. The minimum absolute atomic E-state index is 0.135. The maximum atomic E-state index is 12.7. The number of aliphatic hydroxyl groups excluding tert-OH is 5. The number of primary amides is 1. The van der Waals surface area contributed by atoms with Crippen LogP contribution in [0.1, 0.15) is 52.9 Å². The first-order valence-corrected chi connectivity index (χ1v) is 20.1. The molecule has 25 heteroatoms. The van der Waals surface area contributed by atoms with E-state index in [0.717, 1.165) is 12.1 Å². The molecule has 1 amide bonds. The normalized spacial score (nSPS) is 32.0. The molecule has 2 aromatic rings. The maximum absolute atomic E-state index is 12.7. The van der Waals surface area contributed by atoms with Crippen molar-refractivity contribution in [2.45, 2.75) is 81.1 Å². The molecule has 4 aliphatic heterocycles. The molecule has 12 atom stereocenters. The van der Waals surface area contributed by atoms with Crippen LogP contribution >= 0.6 is 15.6 Å². The number of pyridine rings is 2. The van der Waals surface area contributed by atoms with Crippen molar-refractivity contribution in [3.05, 3.63) is 70.7 Å². The Labute approximate surface area is 313 Å². The molecule has 14 N–H and O–H groups in total. The first-order chi connectivity index (χ1) is 26.0. The molecular weight excluding hydrogens is 774 g/mol. The van der Waals surface area contributed by atoms with E-state index in [1.54, 1.807) is 17.0 Å². The summed E-state index contributed by atoms with van der Waals surface area (Å²) >= 11 is 0. The van der Waals surface area contributed by atoms with Gasteiger partial charge in [-0.15, -0.1) is 0 Å². The molecule has 55 heavy (non-hydrogen) atoms. The number of rotatable bonds is 15. The first-order valence-electron chi connectivity index (χ1n) is 17.1. The van der Waals surface area contributed by atoms with Crippen LogP contribution < -0.4 is 32.0 Å². The number of carbonyl (C=O) groups excluding carboxylic acids is 1. The van der Waals surface area contributed by atoms with Crippen molar-refractivity contribution in [2.75, 3.05) is 26.6 Å². The van der Waals surface area contributed by atoms with Gasteiger partial charge in [-0.2, -0.15) is 8.88 Å². The van der Waals surface area contributed by atoms with Gasteiger partial charge in [0.1, 0.15) is 54.2 Å². The number of nitrogens with zero attached hydrogens (tertiary/aromatic N) is 3. The Kier molecular flexibility index (Phi) is 12.6. The molecule has 0 aromatic carbocycles. The monoisotopic (exact) mass is 819 g/mol. The second-order valence-corrected chi connectivity index (χ2v) is 16.2. The minimum atomic E-state index is -5.43. The number of hydrogen-bond acceptors (Lipinski definition) is 19. The molecule has 6 rings (SSSR count). The summed E-state index contributed by atoms with van der Waals surface area (Å²) < 4.78 is 51.8. The topological polar surface area (TPSA) is 347 Å². The lowest BCUT2D eigenvalue weighted by Gasteiger charge is -2.32. The van der Waals surface area contributed by atoms with Gasteiger partial charge in [-0.3, -0.25) is 24.1 Å². The van der Waals surface area contributed by atoms with E-state index >= 15 is 0 Å². The number of amides is 1. The lowest BCUT2D eigenvalue weighted by Crippen LogP contribution is -2.52. The summed E-state index contributed by atoms with van der Waals surface area (Å²) in [5.41, 5.74) is 13.4. The van der Waals surface area contributed by atoms with Crippen molar-refractivity contribution in [3.63, 3.8) is 0 Å². The highest BCUT2D eigenvalue weighted by molar-refractivity contribution is 7.61. The largest absolute Gasteiger partial charge is 0.481 e. The van der Waals surface area contributed by atoms with E-state index in [1.807, 2.05) is 6.92 Å². The molecule has 23 nitrogen and oxygen atoms in total. The minimum Gasteiger partial charge on any atom is -0.387 e. The van der Waals surface area contributed by atoms with Crippen molar-refractivity contribution in [1.82, 2.24) is 25.8 Å². The molecule has 304 valence electrons. The number of nitrogens with one attached hydrogen (secondary N) is 3. The van der Waals surface area contributed by atoms with Crippen molar-refractivity contribution in [2.24, 2.45) is 11.5 Å². The summed E-state index contributed by atoms with van der Waals surface area (Å²) in [4.78, 5) is 38.7. The number of ether oxygens (including phenoxy) is 2. The second kappa shape index (κ2) is 16.7. The van der Waals surface area contributed by atoms with Crippen LogP contribution in [0.2, 0.25) is 0 Å². The number of phosphoric ester groups is 2. The molecule has 2 aromatic heterocycles. The Hall–Kier alpha value is -3.19. The lowest BCUT2D eigenvalue weighted by atomic mass is 9.97. The molecule has 2 saturated heterocycles. The SMILES string of the molecule is CCCc1cc(C(O)c2cc[n+]([C@@H]3O[C@H](COP(=O)(O)OP(=O)(O)OC[C@H]4O[C@@H](N5CNC6=C5NCN[C@@H]6N)[C@H](O)[C@@H]4O)[C@@H](O)[C@H]3O)cc2C(N)=O)ccn1. The Morgan fingerprint density at radius 2 is 1.73 bits per heavy atom. The van der Waals surface area contributed by atoms with Gasteiger partial charge in [-0.25, -0.2) is 9.13 Å². The van der Waals surface area contributed by atoms with Crippen molar-refractivity contribution < 1.29 is 76.6 Å². The smallest absolute Gasteiger partial charge is 0.387 e. The number of aryl methyl sites for hydroxylation is 1. The summed E-state index contributed by atoms with van der Waals surface area (Å²) in [6.07, 6.45) is -8.18. The molecule has 0 radical (unpaired) electrons. The first kappa shape index (κ1) is 41.4. The Morgan fingerprint density at radius 1 is 1.05 bits per heavy atom. The number of aliphatic hydroxyl groups is 5. The van der Waals surface area contributed by atoms with Gasteiger partial charge in [-0.1, -0.05) is 13.3 Å². The third-order valence-electron chi connectivity index (χ3n) is 9.39. The number of carbonyl (C=O) groups is 1. The van der Waals surface area contributed by atoms with Gasteiger partial charge < -0.3 is 71.8 Å². The van der Waals surface area contributed by atoms with Gasteiger partial charge in [0.2, 0.25) is 0 Å². The number of nitrogens with two attached hydrogens (primary N) is 2. The lowest BCUT2D eigenvalue weighted by molar-refractivity contribution is -0.765. The summed E-state index contributed by atoms with van der Waals surface area (Å²) in [6, 6.07) is 4.67. The summed E-state index contributed by atoms with van der Waals surface area (Å²) in [6.45, 7) is 0.618. The van der Waals surface area contributed by atoms with Gasteiger partial charge in [0, 0.05) is 23.5 Å². The highest BCUT2D eigenvalue weighted by Gasteiger charge is 2.51. The van der Waals surface area contributed by atoms with Crippen LogP contribution in [-0.2, 0) is 38.4 Å². The van der Waals surface area contributed by atoms with Gasteiger partial charge in [0.25, 0.3) is 12.1 Å². The van der Waals surface area contributed by atoms with Crippen molar-refractivity contribution in [3.8, 4) is 0 Å². The van der Waals surface area contributed by atoms with Crippen LogP contribution in [0.25, 0.3) is 0 Å². The van der Waals surface area contributed by atoms with Gasteiger partial charge >= 0.3 is 15.6 Å². The Bertz CT molecular complexity index is 1860. The molecule has 0 spiro atoms. The highest BCUT2D eigenvalue weighted by atomic mass is 31.3. The maximum Gasteiger partial charge on any atom is 0.481 e. The van der Waals surface area contributed by atoms with Crippen LogP contribution in [-0.4, -0.2) is 127 Å². The average Bonchev–Trinajstić information content (AvgIpc) is 3.79. The van der Waals surface area contributed by atoms with Crippen molar-refractivity contribution >= 4 is 21.6 Å². The standard InChI is InChI=1S/C30H44N8O15P2/c1-2-3-15-8-14(4-6-33-15)21(39)16-5-7-37(9-17(16)27(32)44)29-24(42)22(40)18(51-29)10-49-54(45,46)53-55(47,48)50-11-19-23(41)25(43)30(52-19)38-13-36-20-26(31)34-12-35-28(20)38/h4-9,18-19,21-26,29-30,34-36,39-43H,2-3,10-13,31H2,1H3,(H3-,32,44,45,46,47,48)/p+1/t18-,19-,21?,22-,23-,24-,25-,26+,29-,30-/m1/s1. The van der Waals surface area contributed by atoms with Crippen LogP contribution in [0.4, 0.5) is 0 Å². The van der Waals surface area contributed by atoms with Gasteiger partial charge in [0.05, 0.1) is 32.2 Å². The van der Waals surface area contributed by atoms with E-state index in [1.165, 1.54) is 29.2 Å². The second-order valence-electron chi connectivity index (χ2n) is 13.2. The average molecular weight is 820 g/mol. The van der Waals surface area contributed by atoms with Crippen LogP contribution in [0, 0.1) is 0 Å². The van der Waals surface area contributed by atoms with E-state index in [9.17, 15) is 49.2 Å². The zero-order chi connectivity index (χ0) is 39.8.